The molecule has 5 nitrogen and oxygen atoms in total. The van der Waals surface area contributed by atoms with Crippen LogP contribution in [0.15, 0.2) is 87.8 Å². The number of benzene rings is 3. The molecule has 0 spiro atoms. The molecular formula is C24H18N4OS. The van der Waals surface area contributed by atoms with E-state index in [1.54, 1.807) is 10.9 Å². The highest BCUT2D eigenvalue weighted by molar-refractivity contribution is 7.10. The van der Waals surface area contributed by atoms with Gasteiger partial charge < -0.3 is 5.11 Å². The van der Waals surface area contributed by atoms with Gasteiger partial charge in [0.2, 0.25) is 5.88 Å². The molecule has 4 aromatic rings. The van der Waals surface area contributed by atoms with E-state index >= 15 is 0 Å². The van der Waals surface area contributed by atoms with Gasteiger partial charge in [0.1, 0.15) is 6.34 Å². The van der Waals surface area contributed by atoms with Crippen LogP contribution in [-0.4, -0.2) is 16.0 Å². The third-order valence-corrected chi connectivity index (χ3v) is 5.77. The van der Waals surface area contributed by atoms with Crippen LogP contribution < -0.4 is 15.4 Å². The van der Waals surface area contributed by atoms with E-state index in [4.69, 9.17) is 4.99 Å². The highest BCUT2D eigenvalue weighted by Crippen LogP contribution is 2.25. The van der Waals surface area contributed by atoms with E-state index in [1.165, 1.54) is 16.9 Å². The van der Waals surface area contributed by atoms with Crippen LogP contribution >= 0.6 is 11.3 Å². The number of aryl methyl sites for hydroxylation is 1. The lowest BCUT2D eigenvalue weighted by Crippen LogP contribution is -2.11. The third-order valence-electron chi connectivity index (χ3n) is 4.79. The van der Waals surface area contributed by atoms with Crippen molar-refractivity contribution in [1.82, 2.24) is 4.57 Å². The van der Waals surface area contributed by atoms with Gasteiger partial charge in [-0.3, -0.25) is 4.57 Å². The maximum Gasteiger partial charge on any atom is 0.215 e. The van der Waals surface area contributed by atoms with Gasteiger partial charge in [-0.2, -0.15) is 0 Å². The summed E-state index contributed by atoms with van der Waals surface area (Å²) in [4.78, 5) is 14.7. The van der Waals surface area contributed by atoms with Crippen molar-refractivity contribution in [2.45, 2.75) is 6.92 Å². The molecule has 146 valence electrons. The molecule has 1 aliphatic rings. The van der Waals surface area contributed by atoms with Crippen LogP contribution in [0.25, 0.3) is 11.8 Å². The maximum absolute atomic E-state index is 11.1. The van der Waals surface area contributed by atoms with E-state index in [9.17, 15) is 5.11 Å². The highest BCUT2D eigenvalue weighted by Gasteiger charge is 2.13. The highest BCUT2D eigenvalue weighted by atomic mass is 32.1. The molecule has 30 heavy (non-hydrogen) atoms. The molecule has 0 unspecified atom stereocenters. The Balaban J connectivity index is 1.71. The summed E-state index contributed by atoms with van der Waals surface area (Å²) in [5, 5.41) is 12.9. The number of aromatic hydroxyl groups is 1. The molecule has 0 aliphatic carbocycles. The molecular weight excluding hydrogens is 392 g/mol. The van der Waals surface area contributed by atoms with E-state index in [1.807, 2.05) is 85.8 Å². The lowest BCUT2D eigenvalue weighted by atomic mass is 10.2. The van der Waals surface area contributed by atoms with Crippen LogP contribution in [0.3, 0.4) is 0 Å². The largest absolute Gasteiger partial charge is 0.493 e. The molecule has 0 atom stereocenters. The summed E-state index contributed by atoms with van der Waals surface area (Å²) < 4.78 is 1.78. The smallest absolute Gasteiger partial charge is 0.215 e. The molecule has 1 aromatic heterocycles. The number of hydrogen-bond donors (Lipinski definition) is 1. The molecule has 1 aliphatic heterocycles. The Bertz CT molecular complexity index is 1450. The zero-order chi connectivity index (χ0) is 20.5. The van der Waals surface area contributed by atoms with Crippen LogP contribution in [0.4, 0.5) is 11.4 Å². The van der Waals surface area contributed by atoms with Crippen molar-refractivity contribution in [3.63, 3.8) is 0 Å². The van der Waals surface area contributed by atoms with E-state index in [0.717, 1.165) is 32.5 Å². The monoisotopic (exact) mass is 410 g/mol. The lowest BCUT2D eigenvalue weighted by Gasteiger charge is -2.04. The van der Waals surface area contributed by atoms with Gasteiger partial charge in [-0.1, -0.05) is 53.3 Å². The molecule has 0 bridgehead atoms. The Morgan fingerprint density at radius 1 is 1.00 bits per heavy atom. The van der Waals surface area contributed by atoms with Crippen molar-refractivity contribution in [3.05, 3.63) is 98.6 Å². The molecule has 2 heterocycles. The van der Waals surface area contributed by atoms with Crippen LogP contribution in [-0.2, 0) is 0 Å². The summed E-state index contributed by atoms with van der Waals surface area (Å²) >= 11 is 1.44. The molecule has 5 rings (SSSR count). The minimum atomic E-state index is 0.158. The van der Waals surface area contributed by atoms with E-state index in [2.05, 4.69) is 9.98 Å². The molecule has 0 fully saturated rings. The van der Waals surface area contributed by atoms with Crippen LogP contribution in [0, 0.1) is 6.92 Å². The summed E-state index contributed by atoms with van der Waals surface area (Å²) in [6.07, 6.45) is 3.50. The Morgan fingerprint density at radius 3 is 2.60 bits per heavy atom. The number of fused-ring (bicyclic) bond motifs is 1. The number of rotatable bonds is 3. The van der Waals surface area contributed by atoms with E-state index in [0.29, 0.717) is 4.80 Å². The number of thiazole rings is 1. The average Bonchev–Trinajstić information content (AvgIpc) is 3.34. The van der Waals surface area contributed by atoms with E-state index < -0.39 is 0 Å². The summed E-state index contributed by atoms with van der Waals surface area (Å²) in [7, 11) is 0. The van der Waals surface area contributed by atoms with Gasteiger partial charge in [0.05, 0.1) is 27.3 Å². The fourth-order valence-electron chi connectivity index (χ4n) is 3.24. The fraction of sp³-hybridized carbons (Fsp3) is 0.0417. The first kappa shape index (κ1) is 18.3. The van der Waals surface area contributed by atoms with Gasteiger partial charge in [0, 0.05) is 0 Å². The summed E-state index contributed by atoms with van der Waals surface area (Å²) in [5.41, 5.74) is 3.71. The molecule has 6 heteroatoms. The first-order valence-corrected chi connectivity index (χ1v) is 10.3. The fourth-order valence-corrected chi connectivity index (χ4v) is 4.25. The third kappa shape index (κ3) is 3.49. The van der Waals surface area contributed by atoms with Crippen molar-refractivity contribution in [1.29, 1.82) is 0 Å². The molecule has 0 radical (unpaired) electrons. The maximum atomic E-state index is 11.1. The first-order valence-electron chi connectivity index (χ1n) is 9.51. The summed E-state index contributed by atoms with van der Waals surface area (Å²) in [5.74, 6) is 0.158. The Kier molecular flexibility index (Phi) is 4.61. The number of nitrogens with zero attached hydrogens (tertiary/aromatic N) is 4. The Hall–Kier alpha value is -3.77. The zero-order valence-corrected chi connectivity index (χ0v) is 17.0. The van der Waals surface area contributed by atoms with Crippen LogP contribution in [0.2, 0.25) is 0 Å². The number of aromatic nitrogens is 1. The summed E-state index contributed by atoms with van der Waals surface area (Å²) in [6.45, 7) is 2.05. The Labute approximate surface area is 177 Å². The van der Waals surface area contributed by atoms with Crippen molar-refractivity contribution in [2.75, 3.05) is 0 Å². The normalized spacial score (nSPS) is 13.5. The zero-order valence-electron chi connectivity index (χ0n) is 16.2. The van der Waals surface area contributed by atoms with Crippen LogP contribution in [0.5, 0.6) is 5.88 Å². The molecule has 0 saturated carbocycles. The quantitative estimate of drug-likeness (QED) is 0.547. The lowest BCUT2D eigenvalue weighted by molar-refractivity contribution is 0.439. The second-order valence-corrected chi connectivity index (χ2v) is 7.97. The topological polar surface area (TPSA) is 62.2 Å². The summed E-state index contributed by atoms with van der Waals surface area (Å²) in [6, 6.07) is 23.6. The average molecular weight is 411 g/mol. The minimum Gasteiger partial charge on any atom is -0.493 e. The van der Waals surface area contributed by atoms with Gasteiger partial charge in [0.15, 0.2) is 4.80 Å². The van der Waals surface area contributed by atoms with Crippen molar-refractivity contribution in [3.8, 4) is 11.6 Å². The van der Waals surface area contributed by atoms with Gasteiger partial charge in [-0.25, -0.2) is 15.0 Å². The molecule has 0 saturated heterocycles. The van der Waals surface area contributed by atoms with E-state index in [-0.39, 0.29) is 5.88 Å². The predicted molar refractivity (Wildman–Crippen MR) is 121 cm³/mol. The van der Waals surface area contributed by atoms with Crippen molar-refractivity contribution in [2.24, 2.45) is 15.0 Å². The van der Waals surface area contributed by atoms with Crippen molar-refractivity contribution < 1.29 is 5.11 Å². The van der Waals surface area contributed by atoms with Gasteiger partial charge >= 0.3 is 0 Å². The first-order chi connectivity index (χ1) is 14.7. The SMILES string of the molecule is Cc1ccc(N=c2sc(C=c3ccc4c(c3)N=CN=4)c(O)n2-c2ccccc2)cc1. The molecule has 1 N–H and O–H groups in total. The van der Waals surface area contributed by atoms with Gasteiger partial charge in [-0.15, -0.1) is 0 Å². The molecule has 3 aromatic carbocycles. The number of para-hydroxylation sites is 1. The second kappa shape index (κ2) is 7.57. The van der Waals surface area contributed by atoms with Gasteiger partial charge in [0.25, 0.3) is 0 Å². The minimum absolute atomic E-state index is 0.158. The van der Waals surface area contributed by atoms with Crippen LogP contribution in [0.1, 0.15) is 10.4 Å². The standard InChI is InChI=1S/C24H18N4OS/c1-16-7-10-18(11-8-16)27-24-28(19-5-3-2-4-6-19)23(29)22(30-24)14-17-9-12-20-21(13-17)26-15-25-20/h2-15,29H,1H3. The number of aliphatic imine (C=N–C) groups is 1. The number of hydrogen-bond acceptors (Lipinski definition) is 5. The predicted octanol–water partition coefficient (Wildman–Crippen LogP) is 3.91. The van der Waals surface area contributed by atoms with Gasteiger partial charge in [-0.05, 0) is 54.6 Å². The Morgan fingerprint density at radius 2 is 1.80 bits per heavy atom. The molecule has 0 amide bonds. The van der Waals surface area contributed by atoms with Crippen molar-refractivity contribution >= 4 is 35.1 Å². The second-order valence-electron chi connectivity index (χ2n) is 6.96.